The standard InChI is InChI=1S/C31H39N5O8/c1-3-17(2)27(32)30(42)36-24(14-18-8-10-20(37)11-9-18)28(40)35-25(15-19-16-33-22-7-5-4-6-21(19)22)29(41)34-23(31(43)44)12-13-26(38)39/h4-11,16-17,23-25,27,33,37H,3,12-15,32H2,1-2H3,(H,34,41)(H,35,40)(H,36,42)(H,38,39)(H,43,44). The number of aromatic hydroxyl groups is 1. The van der Waals surface area contributed by atoms with Crippen molar-refractivity contribution in [1.82, 2.24) is 20.9 Å². The lowest BCUT2D eigenvalue weighted by molar-refractivity contribution is -0.143. The van der Waals surface area contributed by atoms with Gasteiger partial charge in [-0.1, -0.05) is 50.6 Å². The van der Waals surface area contributed by atoms with Crippen molar-refractivity contribution >= 4 is 40.6 Å². The summed E-state index contributed by atoms with van der Waals surface area (Å²) in [5.74, 6) is -4.93. The Bertz CT molecular complexity index is 1470. The zero-order valence-electron chi connectivity index (χ0n) is 24.6. The van der Waals surface area contributed by atoms with Gasteiger partial charge < -0.3 is 42.0 Å². The van der Waals surface area contributed by atoms with Crippen molar-refractivity contribution in [3.05, 3.63) is 65.9 Å². The molecule has 0 aliphatic heterocycles. The third-order valence-electron chi connectivity index (χ3n) is 7.56. The molecule has 0 radical (unpaired) electrons. The minimum atomic E-state index is -1.51. The minimum absolute atomic E-state index is 0.00284. The molecule has 1 aromatic heterocycles. The van der Waals surface area contributed by atoms with Gasteiger partial charge in [0.15, 0.2) is 0 Å². The van der Waals surface area contributed by atoms with Crippen LogP contribution in [0.25, 0.3) is 10.9 Å². The number of hydrogen-bond acceptors (Lipinski definition) is 7. The number of aromatic amines is 1. The normalized spacial score (nSPS) is 14.5. The van der Waals surface area contributed by atoms with Crippen LogP contribution < -0.4 is 21.7 Å². The lowest BCUT2D eigenvalue weighted by Crippen LogP contribution is -2.58. The number of amides is 3. The molecule has 3 rings (SSSR count). The fraction of sp³-hybridized carbons (Fsp3) is 0.387. The second kappa shape index (κ2) is 15.5. The Labute approximate surface area is 254 Å². The molecular formula is C31H39N5O8. The molecule has 0 aliphatic carbocycles. The molecule has 0 spiro atoms. The second-order valence-corrected chi connectivity index (χ2v) is 10.8. The molecule has 9 N–H and O–H groups in total. The molecule has 1 heterocycles. The van der Waals surface area contributed by atoms with Crippen LogP contribution in [0, 0.1) is 5.92 Å². The number of hydrogen-bond donors (Lipinski definition) is 8. The van der Waals surface area contributed by atoms with E-state index < -0.39 is 60.2 Å². The SMILES string of the molecule is CCC(C)C(N)C(=O)NC(Cc1ccc(O)cc1)C(=O)NC(Cc1c[nH]c2ccccc12)C(=O)NC(CCC(=O)O)C(=O)O. The maximum Gasteiger partial charge on any atom is 0.326 e. The van der Waals surface area contributed by atoms with Gasteiger partial charge in [0, 0.05) is 36.4 Å². The van der Waals surface area contributed by atoms with E-state index in [4.69, 9.17) is 10.8 Å². The predicted molar refractivity (Wildman–Crippen MR) is 162 cm³/mol. The summed E-state index contributed by atoms with van der Waals surface area (Å²) in [4.78, 5) is 66.2. The number of phenolic OH excluding ortho intramolecular Hbond substituents is 1. The number of carboxylic acids is 2. The third kappa shape index (κ3) is 9.30. The monoisotopic (exact) mass is 609 g/mol. The molecule has 13 heteroatoms. The molecule has 3 aromatic rings. The van der Waals surface area contributed by atoms with E-state index in [1.54, 1.807) is 18.3 Å². The second-order valence-electron chi connectivity index (χ2n) is 10.8. The number of carbonyl (C=O) groups excluding carboxylic acids is 3. The third-order valence-corrected chi connectivity index (χ3v) is 7.56. The van der Waals surface area contributed by atoms with Crippen LogP contribution in [0.1, 0.15) is 44.2 Å². The van der Waals surface area contributed by atoms with E-state index in [0.29, 0.717) is 17.5 Å². The molecule has 13 nitrogen and oxygen atoms in total. The van der Waals surface area contributed by atoms with Gasteiger partial charge in [-0.2, -0.15) is 0 Å². The molecule has 5 unspecified atom stereocenters. The molecular weight excluding hydrogens is 570 g/mol. The van der Waals surface area contributed by atoms with Crippen molar-refractivity contribution in [3.8, 4) is 5.75 Å². The highest BCUT2D eigenvalue weighted by atomic mass is 16.4. The molecule has 5 atom stereocenters. The lowest BCUT2D eigenvalue weighted by atomic mass is 9.98. The summed E-state index contributed by atoms with van der Waals surface area (Å²) in [6, 6.07) is 8.47. The Hall–Kier alpha value is -4.91. The fourth-order valence-corrected chi connectivity index (χ4v) is 4.66. The molecule has 0 saturated carbocycles. The number of phenols is 1. The maximum absolute atomic E-state index is 13.8. The first kappa shape index (κ1) is 33.6. The summed E-state index contributed by atoms with van der Waals surface area (Å²) in [5.41, 5.74) is 8.18. The highest BCUT2D eigenvalue weighted by molar-refractivity contribution is 5.95. The average Bonchev–Trinajstić information content (AvgIpc) is 3.40. The fourth-order valence-electron chi connectivity index (χ4n) is 4.66. The summed E-state index contributed by atoms with van der Waals surface area (Å²) in [5, 5.41) is 36.8. The van der Waals surface area contributed by atoms with E-state index in [-0.39, 0.29) is 30.9 Å². The molecule has 0 saturated heterocycles. The number of H-pyrrole nitrogens is 1. The first-order chi connectivity index (χ1) is 20.9. The van der Waals surface area contributed by atoms with E-state index in [1.165, 1.54) is 12.1 Å². The average molecular weight is 610 g/mol. The zero-order valence-corrected chi connectivity index (χ0v) is 24.6. The highest BCUT2D eigenvalue weighted by Crippen LogP contribution is 2.20. The molecule has 0 bridgehead atoms. The van der Waals surface area contributed by atoms with Crippen LogP contribution in [0.2, 0.25) is 0 Å². The van der Waals surface area contributed by atoms with Gasteiger partial charge in [-0.3, -0.25) is 19.2 Å². The van der Waals surface area contributed by atoms with Crippen molar-refractivity contribution in [2.75, 3.05) is 0 Å². The Morgan fingerprint density at radius 3 is 2.05 bits per heavy atom. The Morgan fingerprint density at radius 1 is 0.841 bits per heavy atom. The topological polar surface area (TPSA) is 224 Å². The zero-order chi connectivity index (χ0) is 32.4. The number of carbonyl (C=O) groups is 5. The lowest BCUT2D eigenvalue weighted by Gasteiger charge is -2.26. The van der Waals surface area contributed by atoms with Gasteiger partial charge in [-0.25, -0.2) is 4.79 Å². The van der Waals surface area contributed by atoms with Crippen LogP contribution in [0.15, 0.2) is 54.7 Å². The van der Waals surface area contributed by atoms with Crippen LogP contribution in [0.4, 0.5) is 0 Å². The quantitative estimate of drug-likeness (QED) is 0.117. The first-order valence-electron chi connectivity index (χ1n) is 14.3. The summed E-state index contributed by atoms with van der Waals surface area (Å²) in [6.45, 7) is 3.69. The number of nitrogens with two attached hydrogens (primary N) is 1. The number of aromatic nitrogens is 1. The van der Waals surface area contributed by atoms with Crippen LogP contribution in [0.3, 0.4) is 0 Å². The van der Waals surface area contributed by atoms with E-state index in [0.717, 1.165) is 10.9 Å². The molecule has 44 heavy (non-hydrogen) atoms. The Kier molecular flexibility index (Phi) is 11.9. The summed E-state index contributed by atoms with van der Waals surface area (Å²) >= 11 is 0. The van der Waals surface area contributed by atoms with Gasteiger partial charge in [0.25, 0.3) is 0 Å². The van der Waals surface area contributed by atoms with Crippen LogP contribution in [-0.4, -0.2) is 74.1 Å². The summed E-state index contributed by atoms with van der Waals surface area (Å²) in [6.07, 6.45) is 1.41. The van der Waals surface area contributed by atoms with Gasteiger partial charge in [0.05, 0.1) is 6.04 Å². The molecule has 0 aliphatic rings. The number of benzene rings is 2. The molecule has 236 valence electrons. The Morgan fingerprint density at radius 2 is 1.43 bits per heavy atom. The van der Waals surface area contributed by atoms with Gasteiger partial charge >= 0.3 is 11.9 Å². The van der Waals surface area contributed by atoms with Crippen molar-refractivity contribution < 1.29 is 39.3 Å². The van der Waals surface area contributed by atoms with Crippen LogP contribution in [0.5, 0.6) is 5.75 Å². The van der Waals surface area contributed by atoms with Gasteiger partial charge in [0.1, 0.15) is 23.9 Å². The predicted octanol–water partition coefficient (Wildman–Crippen LogP) is 1.44. The van der Waals surface area contributed by atoms with E-state index in [9.17, 15) is 34.2 Å². The number of carboxylic acid groups (broad SMARTS) is 2. The molecule has 2 aromatic carbocycles. The van der Waals surface area contributed by atoms with Crippen molar-refractivity contribution in [2.45, 2.75) is 70.1 Å². The molecule has 3 amide bonds. The van der Waals surface area contributed by atoms with Crippen molar-refractivity contribution in [1.29, 1.82) is 0 Å². The highest BCUT2D eigenvalue weighted by Gasteiger charge is 2.32. The van der Waals surface area contributed by atoms with Crippen molar-refractivity contribution in [2.24, 2.45) is 11.7 Å². The Balaban J connectivity index is 1.91. The summed E-state index contributed by atoms with van der Waals surface area (Å²) < 4.78 is 0. The number of aliphatic carboxylic acids is 2. The number of para-hydroxylation sites is 1. The number of fused-ring (bicyclic) bond motifs is 1. The number of nitrogens with one attached hydrogen (secondary N) is 4. The minimum Gasteiger partial charge on any atom is -0.508 e. The first-order valence-corrected chi connectivity index (χ1v) is 14.3. The smallest absolute Gasteiger partial charge is 0.326 e. The van der Waals surface area contributed by atoms with Gasteiger partial charge in [-0.15, -0.1) is 0 Å². The van der Waals surface area contributed by atoms with Crippen molar-refractivity contribution in [3.63, 3.8) is 0 Å². The largest absolute Gasteiger partial charge is 0.508 e. The molecule has 0 fully saturated rings. The van der Waals surface area contributed by atoms with E-state index in [2.05, 4.69) is 20.9 Å². The van der Waals surface area contributed by atoms with Gasteiger partial charge in [0.2, 0.25) is 17.7 Å². The van der Waals surface area contributed by atoms with E-state index in [1.807, 2.05) is 38.1 Å². The van der Waals surface area contributed by atoms with E-state index >= 15 is 0 Å². The van der Waals surface area contributed by atoms with Crippen LogP contribution >= 0.6 is 0 Å². The number of rotatable bonds is 16. The van der Waals surface area contributed by atoms with Crippen LogP contribution in [-0.2, 0) is 36.8 Å². The van der Waals surface area contributed by atoms with Gasteiger partial charge in [-0.05, 0) is 41.7 Å². The maximum atomic E-state index is 13.8. The summed E-state index contributed by atoms with van der Waals surface area (Å²) in [7, 11) is 0.